The maximum atomic E-state index is 14.3. The second-order valence-corrected chi connectivity index (χ2v) is 13.6. The van der Waals surface area contributed by atoms with Crippen LogP contribution in [-0.2, 0) is 14.4 Å². The molecule has 2 aromatic rings. The average Bonchev–Trinajstić information content (AvgIpc) is 3.02. The number of ether oxygens (including phenoxy) is 2. The number of carboxylic acid groups (broad SMARTS) is 1. The summed E-state index contributed by atoms with van der Waals surface area (Å²) >= 11 is 1.47. The predicted octanol–water partition coefficient (Wildman–Crippen LogP) is 5.62. The van der Waals surface area contributed by atoms with Gasteiger partial charge in [-0.05, 0) is 49.8 Å². The van der Waals surface area contributed by atoms with Crippen molar-refractivity contribution in [2.24, 2.45) is 11.3 Å². The number of benzene rings is 2. The van der Waals surface area contributed by atoms with E-state index < -0.39 is 17.1 Å². The molecule has 2 aliphatic heterocycles. The van der Waals surface area contributed by atoms with E-state index in [-0.39, 0.29) is 35.4 Å². The van der Waals surface area contributed by atoms with Crippen LogP contribution in [0.15, 0.2) is 30.3 Å². The van der Waals surface area contributed by atoms with Crippen LogP contribution in [0.3, 0.4) is 0 Å². The minimum atomic E-state index is -0.883. The Labute approximate surface area is 247 Å². The smallest absolute Gasteiger partial charge is 0.308 e. The van der Waals surface area contributed by atoms with Gasteiger partial charge in [0.1, 0.15) is 11.5 Å². The number of fused-ring (bicyclic) bond motifs is 1. The minimum Gasteiger partial charge on any atom is -0.496 e. The Morgan fingerprint density at radius 2 is 1.80 bits per heavy atom. The fourth-order valence-corrected chi connectivity index (χ4v) is 7.30. The quantitative estimate of drug-likeness (QED) is 0.453. The molecular formula is C32H42N2O6S. The zero-order valence-electron chi connectivity index (χ0n) is 25.2. The molecule has 0 radical (unpaired) electrons. The Hall–Kier alpha value is -3.20. The largest absolute Gasteiger partial charge is 0.496 e. The van der Waals surface area contributed by atoms with Crippen LogP contribution in [0.1, 0.15) is 67.5 Å². The summed E-state index contributed by atoms with van der Waals surface area (Å²) in [7, 11) is 3.26. The summed E-state index contributed by atoms with van der Waals surface area (Å²) in [6, 6.07) is 10.1. The molecule has 1 saturated heterocycles. The Bertz CT molecular complexity index is 1320. The van der Waals surface area contributed by atoms with Crippen molar-refractivity contribution >= 4 is 35.2 Å². The standard InChI is InChI=1S/C32H42N2O6S/c1-19-10-12-24-23(15-19)29(22-11-13-25(39-6)20(2)28(22)40-7)41-26(30(36)34(24)18-32(3,4)5)16-27(35)33-14-8-9-21(17-33)31(37)38/h10-13,15,21,26,29H,8-9,14,16-18H2,1-7H3,(H,37,38). The molecule has 0 saturated carbocycles. The van der Waals surface area contributed by atoms with Gasteiger partial charge >= 0.3 is 5.97 Å². The van der Waals surface area contributed by atoms with Crippen molar-refractivity contribution in [3.05, 3.63) is 52.6 Å². The lowest BCUT2D eigenvalue weighted by Crippen LogP contribution is -2.46. The Morgan fingerprint density at radius 1 is 1.07 bits per heavy atom. The molecular weight excluding hydrogens is 540 g/mol. The lowest BCUT2D eigenvalue weighted by Gasteiger charge is -2.33. The summed E-state index contributed by atoms with van der Waals surface area (Å²) < 4.78 is 11.5. The fourth-order valence-electron chi connectivity index (χ4n) is 5.82. The van der Waals surface area contributed by atoms with Crippen molar-refractivity contribution in [2.45, 2.75) is 64.4 Å². The first-order valence-electron chi connectivity index (χ1n) is 14.1. The molecule has 4 rings (SSSR count). The Morgan fingerprint density at radius 3 is 2.44 bits per heavy atom. The number of thioether (sulfide) groups is 1. The summed E-state index contributed by atoms with van der Waals surface area (Å²) in [5.74, 6) is -0.348. The van der Waals surface area contributed by atoms with Crippen LogP contribution < -0.4 is 14.4 Å². The van der Waals surface area contributed by atoms with E-state index in [1.54, 1.807) is 19.1 Å². The van der Waals surface area contributed by atoms with Gasteiger partial charge in [-0.15, -0.1) is 11.8 Å². The first-order valence-corrected chi connectivity index (χ1v) is 15.1. The second-order valence-electron chi connectivity index (χ2n) is 12.3. The van der Waals surface area contributed by atoms with Crippen molar-refractivity contribution in [2.75, 3.05) is 38.8 Å². The highest BCUT2D eigenvalue weighted by Gasteiger charge is 2.41. The zero-order valence-corrected chi connectivity index (χ0v) is 26.0. The Kier molecular flexibility index (Phi) is 9.26. The van der Waals surface area contributed by atoms with Crippen LogP contribution in [0.2, 0.25) is 0 Å². The van der Waals surface area contributed by atoms with Crippen LogP contribution in [0.5, 0.6) is 11.5 Å². The number of aliphatic carboxylic acids is 1. The number of likely N-dealkylation sites (tertiary alicyclic amines) is 1. The van der Waals surface area contributed by atoms with Gasteiger partial charge in [-0.1, -0.05) is 44.5 Å². The number of hydrogen-bond acceptors (Lipinski definition) is 6. The minimum absolute atomic E-state index is 0.00257. The number of carboxylic acids is 1. The van der Waals surface area contributed by atoms with Gasteiger partial charge < -0.3 is 24.4 Å². The van der Waals surface area contributed by atoms with E-state index in [2.05, 4.69) is 26.8 Å². The second kappa shape index (κ2) is 12.3. The molecule has 0 spiro atoms. The lowest BCUT2D eigenvalue weighted by atomic mass is 9.93. The molecule has 2 aliphatic rings. The molecule has 41 heavy (non-hydrogen) atoms. The molecule has 3 atom stereocenters. The normalized spacial score (nSPS) is 21.2. The highest BCUT2D eigenvalue weighted by molar-refractivity contribution is 8.01. The Balaban J connectivity index is 1.82. The molecule has 3 unspecified atom stereocenters. The van der Waals surface area contributed by atoms with Crippen LogP contribution in [0.4, 0.5) is 5.69 Å². The molecule has 9 heteroatoms. The molecule has 8 nitrogen and oxygen atoms in total. The molecule has 1 fully saturated rings. The van der Waals surface area contributed by atoms with Gasteiger partial charge in [0.25, 0.3) is 0 Å². The summed E-state index contributed by atoms with van der Waals surface area (Å²) in [6.45, 7) is 11.5. The molecule has 2 heterocycles. The van der Waals surface area contributed by atoms with Crippen molar-refractivity contribution in [1.82, 2.24) is 4.90 Å². The molecule has 2 aromatic carbocycles. The van der Waals surface area contributed by atoms with E-state index in [4.69, 9.17) is 9.47 Å². The maximum absolute atomic E-state index is 14.3. The lowest BCUT2D eigenvalue weighted by molar-refractivity contribution is -0.146. The number of anilines is 1. The first-order chi connectivity index (χ1) is 19.3. The zero-order chi connectivity index (χ0) is 30.1. The third-order valence-electron chi connectivity index (χ3n) is 7.81. The first kappa shape index (κ1) is 30.8. The fraction of sp³-hybridized carbons (Fsp3) is 0.531. The molecule has 2 amide bonds. The van der Waals surface area contributed by atoms with Gasteiger partial charge in [0, 0.05) is 42.9 Å². The van der Waals surface area contributed by atoms with E-state index in [0.717, 1.165) is 27.9 Å². The van der Waals surface area contributed by atoms with E-state index >= 15 is 0 Å². The third-order valence-corrected chi connectivity index (χ3v) is 9.28. The van der Waals surface area contributed by atoms with E-state index in [1.165, 1.54) is 11.8 Å². The number of methoxy groups -OCH3 is 2. The highest BCUT2D eigenvalue weighted by atomic mass is 32.2. The van der Waals surface area contributed by atoms with Crippen molar-refractivity contribution in [3.63, 3.8) is 0 Å². The SMILES string of the molecule is COc1ccc(C2SC(CC(=O)N3CCCC(C(=O)O)C3)C(=O)N(CC(C)(C)C)c3ccc(C)cc32)c(OC)c1C. The maximum Gasteiger partial charge on any atom is 0.308 e. The monoisotopic (exact) mass is 582 g/mol. The number of rotatable bonds is 7. The highest BCUT2D eigenvalue weighted by Crippen LogP contribution is 2.51. The molecule has 0 aromatic heterocycles. The molecule has 222 valence electrons. The van der Waals surface area contributed by atoms with Crippen molar-refractivity contribution < 1.29 is 29.0 Å². The van der Waals surface area contributed by atoms with E-state index in [9.17, 15) is 19.5 Å². The summed E-state index contributed by atoms with van der Waals surface area (Å²) in [5.41, 5.74) is 4.49. The average molecular weight is 583 g/mol. The van der Waals surface area contributed by atoms with Gasteiger partial charge in [-0.25, -0.2) is 0 Å². The van der Waals surface area contributed by atoms with Crippen LogP contribution in [-0.4, -0.2) is 66.9 Å². The van der Waals surface area contributed by atoms with E-state index in [1.807, 2.05) is 43.0 Å². The number of carbonyl (C=O) groups is 3. The van der Waals surface area contributed by atoms with Gasteiger partial charge in [-0.2, -0.15) is 0 Å². The van der Waals surface area contributed by atoms with E-state index in [0.29, 0.717) is 37.4 Å². The van der Waals surface area contributed by atoms with Crippen molar-refractivity contribution in [3.8, 4) is 11.5 Å². The number of amides is 2. The topological polar surface area (TPSA) is 96.4 Å². The molecule has 0 aliphatic carbocycles. The van der Waals surface area contributed by atoms with Gasteiger partial charge in [0.05, 0.1) is 30.6 Å². The summed E-state index contributed by atoms with van der Waals surface area (Å²) in [5, 5.41) is 8.60. The third kappa shape index (κ3) is 6.66. The van der Waals surface area contributed by atoms with Crippen LogP contribution >= 0.6 is 11.8 Å². The summed E-state index contributed by atoms with van der Waals surface area (Å²) in [6.07, 6.45) is 1.20. The van der Waals surface area contributed by atoms with Gasteiger partial charge in [0.15, 0.2) is 0 Å². The predicted molar refractivity (Wildman–Crippen MR) is 162 cm³/mol. The van der Waals surface area contributed by atoms with Crippen LogP contribution in [0, 0.1) is 25.2 Å². The number of hydrogen-bond donors (Lipinski definition) is 1. The number of nitrogens with zero attached hydrogens (tertiary/aromatic N) is 2. The molecule has 0 bridgehead atoms. The van der Waals surface area contributed by atoms with Gasteiger partial charge in [0.2, 0.25) is 11.8 Å². The summed E-state index contributed by atoms with van der Waals surface area (Å²) in [4.78, 5) is 43.1. The van der Waals surface area contributed by atoms with Crippen LogP contribution in [0.25, 0.3) is 0 Å². The van der Waals surface area contributed by atoms with Crippen molar-refractivity contribution in [1.29, 1.82) is 0 Å². The van der Waals surface area contributed by atoms with Gasteiger partial charge in [-0.3, -0.25) is 14.4 Å². The molecule has 1 N–H and O–H groups in total. The number of carbonyl (C=O) groups excluding carboxylic acids is 2. The number of aryl methyl sites for hydroxylation is 1. The number of piperidine rings is 1.